The molecule has 11 nitrogen and oxygen atoms in total. The Morgan fingerprint density at radius 2 is 1.66 bits per heavy atom. The Morgan fingerprint density at radius 3 is 2.34 bits per heavy atom. The van der Waals surface area contributed by atoms with Crippen molar-refractivity contribution in [1.29, 1.82) is 0 Å². The zero-order valence-corrected chi connectivity index (χ0v) is 26.2. The molecule has 4 amide bonds. The molecular formula is C33H48N6O5. The lowest BCUT2D eigenvalue weighted by molar-refractivity contribution is -0.139. The Kier molecular flexibility index (Phi) is 10.6. The van der Waals surface area contributed by atoms with Crippen LogP contribution in [0.4, 0.5) is 5.69 Å². The highest BCUT2D eigenvalue weighted by atomic mass is 16.2. The Morgan fingerprint density at radius 1 is 0.955 bits per heavy atom. The molecule has 1 aromatic carbocycles. The summed E-state index contributed by atoms with van der Waals surface area (Å²) in [4.78, 5) is 70.5. The molecule has 4 unspecified atom stereocenters. The molecular weight excluding hydrogens is 560 g/mol. The van der Waals surface area contributed by atoms with Crippen LogP contribution in [-0.2, 0) is 19.2 Å². The first-order valence-corrected chi connectivity index (χ1v) is 16.5. The van der Waals surface area contributed by atoms with Crippen LogP contribution in [0.25, 0.3) is 0 Å². The van der Waals surface area contributed by atoms with Crippen LogP contribution < -0.4 is 20.9 Å². The molecule has 4 fully saturated rings. The number of anilines is 1. The third kappa shape index (κ3) is 7.42. The van der Waals surface area contributed by atoms with E-state index in [0.29, 0.717) is 31.5 Å². The van der Waals surface area contributed by atoms with Crippen molar-refractivity contribution in [2.75, 3.05) is 50.7 Å². The summed E-state index contributed by atoms with van der Waals surface area (Å²) in [5, 5.41) is 9.19. The Bertz CT molecular complexity index is 1210. The SMILES string of the molecule is CC(=O)NC(C(=O)N1CC(=O)C2C1CCN2C(=O)CC(C)CCNC(=O)c1ccc(N2CCNCC2)cc1)C1CCCCC1. The maximum absolute atomic E-state index is 13.7. The Hall–Kier alpha value is -3.47. The normalized spacial score (nSPS) is 23.7. The lowest BCUT2D eigenvalue weighted by Gasteiger charge is -2.34. The minimum Gasteiger partial charge on any atom is -0.369 e. The van der Waals surface area contributed by atoms with Crippen LogP contribution >= 0.6 is 0 Å². The number of hydrogen-bond acceptors (Lipinski definition) is 7. The van der Waals surface area contributed by atoms with E-state index in [-0.39, 0.29) is 60.3 Å². The second-order valence-corrected chi connectivity index (χ2v) is 13.0. The molecule has 0 bridgehead atoms. The van der Waals surface area contributed by atoms with Crippen LogP contribution in [-0.4, -0.2) is 103 Å². The standard InChI is InChI=1S/C33H48N6O5/c1-22(12-14-35-32(43)25-8-10-26(11-9-25)37-18-15-34-16-19-37)20-29(42)38-17-13-27-31(38)28(41)21-39(27)33(44)30(36-23(2)40)24-6-4-3-5-7-24/h8-11,22,24,27,30-31,34H,3-7,12-21H2,1-2H3,(H,35,43)(H,36,40). The summed E-state index contributed by atoms with van der Waals surface area (Å²) in [6.45, 7) is 8.09. The molecule has 3 N–H and O–H groups in total. The topological polar surface area (TPSA) is 131 Å². The van der Waals surface area contributed by atoms with Gasteiger partial charge in [-0.15, -0.1) is 0 Å². The fraction of sp³-hybridized carbons (Fsp3) is 0.667. The van der Waals surface area contributed by atoms with E-state index in [0.717, 1.165) is 64.0 Å². The predicted octanol–water partition coefficient (Wildman–Crippen LogP) is 1.71. The number of Topliss-reactive ketones (excluding diaryl/α,β-unsaturated/α-hetero) is 1. The summed E-state index contributed by atoms with van der Waals surface area (Å²) >= 11 is 0. The highest BCUT2D eigenvalue weighted by Crippen LogP contribution is 2.34. The number of amides is 4. The fourth-order valence-electron chi connectivity index (χ4n) is 7.44. The molecule has 1 aromatic rings. The molecule has 240 valence electrons. The average Bonchev–Trinajstić information content (AvgIpc) is 3.61. The van der Waals surface area contributed by atoms with E-state index in [9.17, 15) is 24.0 Å². The molecule has 44 heavy (non-hydrogen) atoms. The van der Waals surface area contributed by atoms with Gasteiger partial charge in [0.2, 0.25) is 17.7 Å². The molecule has 3 heterocycles. The van der Waals surface area contributed by atoms with Crippen molar-refractivity contribution in [2.24, 2.45) is 11.8 Å². The van der Waals surface area contributed by atoms with Crippen molar-refractivity contribution in [3.8, 4) is 0 Å². The monoisotopic (exact) mass is 608 g/mol. The summed E-state index contributed by atoms with van der Waals surface area (Å²) in [6, 6.07) is 6.09. The first-order valence-electron chi connectivity index (χ1n) is 16.5. The van der Waals surface area contributed by atoms with Crippen LogP contribution in [0, 0.1) is 11.8 Å². The summed E-state index contributed by atoms with van der Waals surface area (Å²) < 4.78 is 0. The lowest BCUT2D eigenvalue weighted by atomic mass is 9.83. The molecule has 0 radical (unpaired) electrons. The molecule has 1 aliphatic carbocycles. The number of piperazine rings is 1. The van der Waals surface area contributed by atoms with Crippen molar-refractivity contribution >= 4 is 35.1 Å². The van der Waals surface area contributed by atoms with Crippen LogP contribution in [0.2, 0.25) is 0 Å². The number of carbonyl (C=O) groups is 5. The van der Waals surface area contributed by atoms with Gasteiger partial charge in [-0.1, -0.05) is 26.2 Å². The number of benzene rings is 1. The molecule has 0 aromatic heterocycles. The highest BCUT2D eigenvalue weighted by molar-refractivity contribution is 5.99. The van der Waals surface area contributed by atoms with Gasteiger partial charge in [0.1, 0.15) is 12.1 Å². The zero-order valence-electron chi connectivity index (χ0n) is 26.2. The second-order valence-electron chi connectivity index (χ2n) is 13.0. The highest BCUT2D eigenvalue weighted by Gasteiger charge is 2.52. The summed E-state index contributed by atoms with van der Waals surface area (Å²) in [7, 11) is 0. The van der Waals surface area contributed by atoms with Crippen LogP contribution in [0.15, 0.2) is 24.3 Å². The van der Waals surface area contributed by atoms with Gasteiger partial charge in [-0.05, 0) is 61.8 Å². The van der Waals surface area contributed by atoms with Crippen molar-refractivity contribution in [2.45, 2.75) is 83.3 Å². The summed E-state index contributed by atoms with van der Waals surface area (Å²) in [5.41, 5.74) is 1.73. The number of likely N-dealkylation sites (tertiary alicyclic amines) is 2. The van der Waals surface area contributed by atoms with Gasteiger partial charge in [0, 0.05) is 63.9 Å². The maximum atomic E-state index is 13.7. The summed E-state index contributed by atoms with van der Waals surface area (Å²) in [6.07, 6.45) is 6.45. The minimum absolute atomic E-state index is 0.0153. The Labute approximate surface area is 260 Å². The zero-order chi connectivity index (χ0) is 31.2. The Balaban J connectivity index is 1.09. The van der Waals surface area contributed by atoms with E-state index >= 15 is 0 Å². The molecule has 3 saturated heterocycles. The van der Waals surface area contributed by atoms with Gasteiger partial charge in [0.05, 0.1) is 12.6 Å². The van der Waals surface area contributed by atoms with Gasteiger partial charge in [-0.2, -0.15) is 0 Å². The largest absolute Gasteiger partial charge is 0.369 e. The summed E-state index contributed by atoms with van der Waals surface area (Å²) in [5.74, 6) is -0.675. The average molecular weight is 609 g/mol. The number of hydrogen-bond donors (Lipinski definition) is 3. The van der Waals surface area contributed by atoms with Crippen molar-refractivity contribution < 1.29 is 24.0 Å². The second kappa shape index (κ2) is 14.5. The number of rotatable bonds is 10. The van der Waals surface area contributed by atoms with E-state index in [4.69, 9.17) is 0 Å². The lowest BCUT2D eigenvalue weighted by Crippen LogP contribution is -2.54. The van der Waals surface area contributed by atoms with Gasteiger partial charge in [0.15, 0.2) is 5.78 Å². The molecule has 11 heteroatoms. The van der Waals surface area contributed by atoms with Gasteiger partial charge in [-0.25, -0.2) is 0 Å². The van der Waals surface area contributed by atoms with Gasteiger partial charge in [-0.3, -0.25) is 24.0 Å². The van der Waals surface area contributed by atoms with Crippen LogP contribution in [0.1, 0.15) is 75.6 Å². The number of ketones is 1. The van der Waals surface area contributed by atoms with Crippen molar-refractivity contribution in [1.82, 2.24) is 25.8 Å². The number of fused-ring (bicyclic) bond motifs is 1. The minimum atomic E-state index is -0.621. The molecule has 0 spiro atoms. The first kappa shape index (κ1) is 31.9. The third-order valence-corrected chi connectivity index (χ3v) is 9.83. The molecule has 3 aliphatic heterocycles. The molecule has 1 saturated carbocycles. The smallest absolute Gasteiger partial charge is 0.251 e. The molecule has 4 aliphatic rings. The van der Waals surface area contributed by atoms with E-state index in [2.05, 4.69) is 20.9 Å². The van der Waals surface area contributed by atoms with E-state index < -0.39 is 12.1 Å². The maximum Gasteiger partial charge on any atom is 0.251 e. The number of nitrogens with zero attached hydrogens (tertiary/aromatic N) is 3. The van der Waals surface area contributed by atoms with Gasteiger partial charge >= 0.3 is 0 Å². The fourth-order valence-corrected chi connectivity index (χ4v) is 7.44. The predicted molar refractivity (Wildman–Crippen MR) is 167 cm³/mol. The van der Waals surface area contributed by atoms with Crippen molar-refractivity contribution in [3.05, 3.63) is 29.8 Å². The van der Waals surface area contributed by atoms with Gasteiger partial charge in [0.25, 0.3) is 5.91 Å². The van der Waals surface area contributed by atoms with Crippen LogP contribution in [0.3, 0.4) is 0 Å². The molecule has 5 rings (SSSR count). The van der Waals surface area contributed by atoms with Crippen LogP contribution in [0.5, 0.6) is 0 Å². The first-order chi connectivity index (χ1) is 21.2. The van der Waals surface area contributed by atoms with E-state index in [1.165, 1.54) is 6.92 Å². The number of nitrogens with one attached hydrogen (secondary N) is 3. The number of carbonyl (C=O) groups excluding carboxylic acids is 5. The van der Waals surface area contributed by atoms with E-state index in [1.807, 2.05) is 31.2 Å². The quantitative estimate of drug-likeness (QED) is 0.369. The third-order valence-electron chi connectivity index (χ3n) is 9.83. The van der Waals surface area contributed by atoms with Gasteiger partial charge < -0.3 is 30.7 Å². The molecule has 4 atom stereocenters. The van der Waals surface area contributed by atoms with Crippen molar-refractivity contribution in [3.63, 3.8) is 0 Å². The van der Waals surface area contributed by atoms with E-state index in [1.54, 1.807) is 9.80 Å².